The summed E-state index contributed by atoms with van der Waals surface area (Å²) in [5, 5.41) is 24.1. The molecule has 20 nitrogen and oxygen atoms in total. The molecule has 21 heteroatoms. The highest BCUT2D eigenvalue weighted by Crippen LogP contribution is 2.75. The number of carbonyl (C=O) groups is 8. The Morgan fingerprint density at radius 1 is 0.840 bits per heavy atom. The summed E-state index contributed by atoms with van der Waals surface area (Å²) in [4.78, 5) is 109. The quantitative estimate of drug-likeness (QED) is 0.0345. The third kappa shape index (κ3) is 10.3. The Labute approximate surface area is 436 Å². The molecule has 0 saturated heterocycles. The summed E-state index contributed by atoms with van der Waals surface area (Å²) in [5.74, 6) is -0.593. The van der Waals surface area contributed by atoms with E-state index < -0.39 is 46.9 Å². The summed E-state index contributed by atoms with van der Waals surface area (Å²) in [7, 11) is 3.09. The van der Waals surface area contributed by atoms with E-state index in [1.165, 1.54) is 16.8 Å². The van der Waals surface area contributed by atoms with Crippen molar-refractivity contribution in [3.63, 3.8) is 0 Å². The molecule has 7 N–H and O–H groups in total. The molecular weight excluding hydrogens is 986 g/mol. The number of anilines is 3. The number of alkyl halides is 1. The van der Waals surface area contributed by atoms with E-state index in [4.69, 9.17) is 26.8 Å². The highest BCUT2D eigenvalue weighted by atomic mass is 35.5. The van der Waals surface area contributed by atoms with Crippen LogP contribution in [0.1, 0.15) is 54.7 Å². The lowest BCUT2D eigenvalue weighted by Gasteiger charge is -2.69. The summed E-state index contributed by atoms with van der Waals surface area (Å²) in [6, 6.07) is 23.4. The fourth-order valence-electron chi connectivity index (χ4n) is 11.1. The van der Waals surface area contributed by atoms with Gasteiger partial charge in [0, 0.05) is 87.2 Å². The second-order valence-electron chi connectivity index (χ2n) is 19.9. The first kappa shape index (κ1) is 51.8. The molecule has 10 rings (SSSR count). The van der Waals surface area contributed by atoms with E-state index >= 15 is 0 Å². The molecule has 75 heavy (non-hydrogen) atoms. The van der Waals surface area contributed by atoms with Gasteiger partial charge in [0.2, 0.25) is 30.0 Å². The first-order chi connectivity index (χ1) is 36.0. The molecule has 2 heterocycles. The minimum absolute atomic E-state index is 0.0438. The Morgan fingerprint density at radius 3 is 2.15 bits per heavy atom. The molecule has 2 unspecified atom stereocenters. The Kier molecular flexibility index (Phi) is 14.8. The number of rotatable bonds is 19. The summed E-state index contributed by atoms with van der Waals surface area (Å²) in [6.45, 7) is 0.817. The highest BCUT2D eigenvalue weighted by Gasteiger charge is 2.76. The van der Waals surface area contributed by atoms with E-state index in [0.29, 0.717) is 90.9 Å². The van der Waals surface area contributed by atoms with Gasteiger partial charge in [-0.1, -0.05) is 60.7 Å². The van der Waals surface area contributed by atoms with Gasteiger partial charge in [-0.3, -0.25) is 24.0 Å². The summed E-state index contributed by atoms with van der Waals surface area (Å²) < 4.78 is 11.5. The molecule has 2 atom stereocenters. The van der Waals surface area contributed by atoms with Crippen molar-refractivity contribution in [3.05, 3.63) is 102 Å². The topological polar surface area (TPSA) is 262 Å². The van der Waals surface area contributed by atoms with Crippen molar-refractivity contribution in [1.82, 2.24) is 25.8 Å². The van der Waals surface area contributed by atoms with Crippen molar-refractivity contribution in [2.75, 3.05) is 74.4 Å². The van der Waals surface area contributed by atoms with Gasteiger partial charge in [-0.2, -0.15) is 0 Å². The highest BCUT2D eigenvalue weighted by molar-refractivity contribution is 6.19. The summed E-state index contributed by atoms with van der Waals surface area (Å²) >= 11 is 6.47. The van der Waals surface area contributed by atoms with Gasteiger partial charge in [-0.05, 0) is 78.1 Å². The number of benzene rings is 5. The molecule has 392 valence electrons. The van der Waals surface area contributed by atoms with E-state index in [9.17, 15) is 43.5 Å². The normalized spacial score (nSPS) is 19.1. The molecule has 5 aliphatic rings. The van der Waals surface area contributed by atoms with E-state index in [1.807, 2.05) is 48.5 Å². The predicted molar refractivity (Wildman–Crippen MR) is 280 cm³/mol. The lowest BCUT2D eigenvalue weighted by atomic mass is 9.34. The Bertz CT molecular complexity index is 3100. The minimum atomic E-state index is -0.982. The van der Waals surface area contributed by atoms with Gasteiger partial charge in [0.15, 0.2) is 0 Å². The van der Waals surface area contributed by atoms with Crippen molar-refractivity contribution in [2.24, 2.45) is 16.6 Å². The van der Waals surface area contributed by atoms with Crippen LogP contribution in [-0.4, -0.2) is 128 Å². The number of nitrogens with two attached hydrogens (primary N) is 1. The maximum atomic E-state index is 14.5. The molecule has 2 bridgehead atoms. The Balaban J connectivity index is 0.771. The number of carbonyl (C=O) groups excluding carboxylic acids is 8. The second-order valence-corrected chi connectivity index (χ2v) is 20.2. The van der Waals surface area contributed by atoms with E-state index in [1.54, 1.807) is 53.2 Å². The zero-order valence-electron chi connectivity index (χ0n) is 41.5. The van der Waals surface area contributed by atoms with Crippen LogP contribution in [0.4, 0.5) is 31.4 Å². The van der Waals surface area contributed by atoms with Crippen molar-refractivity contribution in [1.29, 1.82) is 0 Å². The first-order valence-electron chi connectivity index (χ1n) is 24.7. The maximum Gasteiger partial charge on any atom is 0.415 e. The summed E-state index contributed by atoms with van der Waals surface area (Å²) in [6.07, 6.45) is 1.42. The number of hydrogen-bond acceptors (Lipinski definition) is 11. The molecule has 5 aromatic rings. The van der Waals surface area contributed by atoms with Crippen LogP contribution in [0.2, 0.25) is 0 Å². The molecular formula is C54H58ClN9O11. The minimum Gasteiger partial charge on any atom is -0.507 e. The summed E-state index contributed by atoms with van der Waals surface area (Å²) in [5.41, 5.74) is 8.04. The lowest BCUT2D eigenvalue weighted by Crippen LogP contribution is -2.72. The number of urea groups is 1. The van der Waals surface area contributed by atoms with E-state index in [-0.39, 0.29) is 68.4 Å². The van der Waals surface area contributed by atoms with Crippen LogP contribution in [-0.2, 0) is 41.7 Å². The van der Waals surface area contributed by atoms with E-state index in [2.05, 4.69) is 21.3 Å². The number of hydrogen-bond donors (Lipinski definition) is 6. The molecule has 3 saturated carbocycles. The number of primary amides is 1. The number of nitrogens with one attached hydrogen (secondary N) is 4. The molecule has 3 fully saturated rings. The molecule has 9 amide bonds. The smallest absolute Gasteiger partial charge is 0.415 e. The fraction of sp³-hybridized carbons (Fsp3) is 0.370. The van der Waals surface area contributed by atoms with Crippen molar-refractivity contribution in [3.8, 4) is 11.5 Å². The van der Waals surface area contributed by atoms with Gasteiger partial charge in [-0.25, -0.2) is 14.4 Å². The van der Waals surface area contributed by atoms with E-state index in [0.717, 1.165) is 21.9 Å². The monoisotopic (exact) mass is 1040 g/mol. The van der Waals surface area contributed by atoms with Crippen LogP contribution >= 0.6 is 11.6 Å². The molecule has 0 radical (unpaired) electrons. The number of fused-ring (bicyclic) bond motifs is 6. The zero-order valence-corrected chi connectivity index (χ0v) is 42.2. The second kappa shape index (κ2) is 21.4. The van der Waals surface area contributed by atoms with Gasteiger partial charge >= 0.3 is 18.2 Å². The number of aromatic hydroxyl groups is 1. The number of likely N-dealkylation sites (N-methyl/N-ethyl adjacent to an activating group) is 2. The molecule has 2 aliphatic heterocycles. The van der Waals surface area contributed by atoms with Crippen molar-refractivity contribution < 1.29 is 52.9 Å². The van der Waals surface area contributed by atoms with Crippen LogP contribution in [0, 0.1) is 10.8 Å². The van der Waals surface area contributed by atoms with Crippen LogP contribution < -0.4 is 41.5 Å². The number of amides is 9. The van der Waals surface area contributed by atoms with Gasteiger partial charge in [0.25, 0.3) is 0 Å². The SMILES string of the molecule is CN(CCN(C)C(=O)Oc1cc2c(c3ccccc13)CCN2C(=O)C12CC(C(=O)N3CC(CCl)c4c3cc(O)c3ccccc43)(C1)C2)C(=O)OCc1ccc(NC(=O)C(CCCNC(N)=O)NC(=O)CNC=O)cc1. The van der Waals surface area contributed by atoms with Gasteiger partial charge in [0.1, 0.15) is 24.1 Å². The van der Waals surface area contributed by atoms with Crippen LogP contribution in [0.15, 0.2) is 84.9 Å². The average Bonchev–Trinajstić information content (AvgIpc) is 4.07. The third-order valence-corrected chi connectivity index (χ3v) is 15.2. The number of ether oxygens (including phenoxy) is 2. The molecule has 3 aliphatic carbocycles. The fourth-order valence-corrected chi connectivity index (χ4v) is 11.3. The average molecular weight is 1040 g/mol. The molecule has 0 spiro atoms. The lowest BCUT2D eigenvalue weighted by molar-refractivity contribution is -0.204. The number of halogens is 1. The Hall–Kier alpha value is -8.13. The number of phenols is 1. The van der Waals surface area contributed by atoms with Crippen LogP contribution in [0.3, 0.4) is 0 Å². The number of phenolic OH excluding ortho intramolecular Hbond substituents is 1. The molecule has 0 aromatic heterocycles. The maximum absolute atomic E-state index is 14.5. The van der Waals surface area contributed by atoms with Crippen LogP contribution in [0.25, 0.3) is 21.5 Å². The Morgan fingerprint density at radius 2 is 1.48 bits per heavy atom. The standard InChI is InChI=1S/C54H58ClN9O11/c1-61(51(72)74-27-32-13-15-34(16-14-32)59-47(68)40(12-7-18-58-50(56)71)60-45(67)25-57-31-65)20-21-62(2)52(73)75-44-23-41-36(35-8-3-5-10-38(35)44)17-19-63(41)48(69)53-28-54(29-53,30-53)49(70)64-26-33(24-55)46-39-11-6-4-9-37(39)43(66)22-42(46)64/h3-6,8-11,13-16,22-23,31,33,40,66H,7,12,17-21,24-30H2,1-2H3,(H,57,65)(H,59,68)(H,60,67)(H3,56,58,71). The third-order valence-electron chi connectivity index (χ3n) is 14.9. The van der Waals surface area contributed by atoms with Gasteiger partial charge in [-0.15, -0.1) is 11.6 Å². The van der Waals surface area contributed by atoms with Gasteiger partial charge < -0.3 is 61.2 Å². The van der Waals surface area contributed by atoms with Crippen LogP contribution in [0.5, 0.6) is 11.5 Å². The predicted octanol–water partition coefficient (Wildman–Crippen LogP) is 5.44. The first-order valence-corrected chi connectivity index (χ1v) is 25.3. The van der Waals surface area contributed by atoms with Gasteiger partial charge in [0.05, 0.1) is 28.7 Å². The molecule has 5 aromatic carbocycles. The van der Waals surface area contributed by atoms with Crippen molar-refractivity contribution in [2.45, 2.75) is 57.1 Å². The largest absolute Gasteiger partial charge is 0.507 e. The van der Waals surface area contributed by atoms with Crippen molar-refractivity contribution >= 4 is 98.5 Å². The number of nitrogens with zero attached hydrogens (tertiary/aromatic N) is 4. The zero-order chi connectivity index (χ0) is 53.2.